The van der Waals surface area contributed by atoms with E-state index in [-0.39, 0.29) is 12.1 Å². The lowest BCUT2D eigenvalue weighted by molar-refractivity contribution is -0.00177. The first kappa shape index (κ1) is 24.6. The highest BCUT2D eigenvalue weighted by molar-refractivity contribution is 7.16. The Morgan fingerprint density at radius 2 is 1.97 bits per heavy atom. The van der Waals surface area contributed by atoms with Crippen LogP contribution in [0.25, 0.3) is 10.2 Å². The number of aliphatic hydroxyl groups is 1. The van der Waals surface area contributed by atoms with Gasteiger partial charge in [-0.3, -0.25) is 4.79 Å². The van der Waals surface area contributed by atoms with Crippen molar-refractivity contribution >= 4 is 44.7 Å². The smallest absolute Gasteiger partial charge is 0.255 e. The molecule has 1 amide bonds. The molecule has 1 atom stereocenters. The number of anilines is 3. The summed E-state index contributed by atoms with van der Waals surface area (Å²) < 4.78 is 15.2. The number of fused-ring (bicyclic) bond motifs is 1. The number of carbonyl (C=O) groups is 1. The molecule has 0 bridgehead atoms. The van der Waals surface area contributed by atoms with Crippen LogP contribution in [0.3, 0.4) is 0 Å². The van der Waals surface area contributed by atoms with Crippen molar-refractivity contribution in [2.45, 2.75) is 39.1 Å². The second-order valence-electron chi connectivity index (χ2n) is 8.89. The maximum absolute atomic E-state index is 14.2. The fourth-order valence-corrected chi connectivity index (χ4v) is 4.17. The number of thiazole rings is 1. The molecule has 4 rings (SSSR count). The molecular formula is C26H28FN5O2S. The van der Waals surface area contributed by atoms with Crippen molar-refractivity contribution in [2.75, 3.05) is 17.2 Å². The third-order valence-corrected chi connectivity index (χ3v) is 6.48. The van der Waals surface area contributed by atoms with E-state index in [1.165, 1.54) is 20.0 Å². The molecule has 35 heavy (non-hydrogen) atoms. The monoisotopic (exact) mass is 493 g/mol. The Kier molecular flexibility index (Phi) is 7.28. The molecular weight excluding hydrogens is 465 g/mol. The molecule has 2 heterocycles. The minimum absolute atomic E-state index is 0.282. The number of benzene rings is 2. The Balaban J connectivity index is 1.57. The van der Waals surface area contributed by atoms with Gasteiger partial charge >= 0.3 is 0 Å². The van der Waals surface area contributed by atoms with Crippen molar-refractivity contribution in [3.63, 3.8) is 0 Å². The summed E-state index contributed by atoms with van der Waals surface area (Å²) >= 11 is 1.55. The SMILES string of the molecule is Cc1ccccc1CNc1cc(Nc2ccc3ncsc3c2)ncc1C(=O)NCC(F)C(C)(C)O. The molecule has 7 nitrogen and oxygen atoms in total. The average Bonchev–Trinajstić information content (AvgIpc) is 3.29. The van der Waals surface area contributed by atoms with Crippen LogP contribution in [0.4, 0.5) is 21.6 Å². The molecule has 1 unspecified atom stereocenters. The van der Waals surface area contributed by atoms with Gasteiger partial charge < -0.3 is 21.1 Å². The fraction of sp³-hybridized carbons (Fsp3) is 0.269. The quantitative estimate of drug-likeness (QED) is 0.256. The van der Waals surface area contributed by atoms with E-state index in [2.05, 4.69) is 25.9 Å². The van der Waals surface area contributed by atoms with E-state index in [0.717, 1.165) is 27.0 Å². The maximum Gasteiger partial charge on any atom is 0.255 e. The predicted molar refractivity (Wildman–Crippen MR) is 139 cm³/mol. The highest BCUT2D eigenvalue weighted by Gasteiger charge is 2.27. The number of nitrogens with one attached hydrogen (secondary N) is 3. The lowest BCUT2D eigenvalue weighted by Gasteiger charge is -2.22. The van der Waals surface area contributed by atoms with Crippen molar-refractivity contribution in [3.8, 4) is 0 Å². The molecule has 2 aromatic carbocycles. The first-order valence-electron chi connectivity index (χ1n) is 11.2. The van der Waals surface area contributed by atoms with Gasteiger partial charge in [-0.15, -0.1) is 11.3 Å². The number of alkyl halides is 1. The van der Waals surface area contributed by atoms with Gasteiger partial charge in [-0.2, -0.15) is 0 Å². The summed E-state index contributed by atoms with van der Waals surface area (Å²) in [4.78, 5) is 21.6. The fourth-order valence-electron chi connectivity index (χ4n) is 3.46. The third-order valence-electron chi connectivity index (χ3n) is 5.69. The Bertz CT molecular complexity index is 1330. The summed E-state index contributed by atoms with van der Waals surface area (Å²) in [5.41, 5.74) is 5.08. The van der Waals surface area contributed by atoms with Crippen LogP contribution < -0.4 is 16.0 Å². The van der Waals surface area contributed by atoms with Gasteiger partial charge in [-0.25, -0.2) is 14.4 Å². The number of amides is 1. The second-order valence-corrected chi connectivity index (χ2v) is 9.77. The molecule has 0 saturated heterocycles. The van der Waals surface area contributed by atoms with Crippen LogP contribution in [-0.2, 0) is 6.54 Å². The van der Waals surface area contributed by atoms with E-state index < -0.39 is 17.7 Å². The largest absolute Gasteiger partial charge is 0.387 e. The number of carbonyl (C=O) groups excluding carboxylic acids is 1. The zero-order valence-corrected chi connectivity index (χ0v) is 20.6. The first-order chi connectivity index (χ1) is 16.7. The van der Waals surface area contributed by atoms with Gasteiger partial charge in [0.15, 0.2) is 0 Å². The second kappa shape index (κ2) is 10.4. The molecule has 0 spiro atoms. The first-order valence-corrected chi connectivity index (χ1v) is 12.1. The van der Waals surface area contributed by atoms with Crippen LogP contribution in [0.5, 0.6) is 0 Å². The summed E-state index contributed by atoms with van der Waals surface area (Å²) in [6.45, 7) is 4.94. The number of rotatable bonds is 9. The number of hydrogen-bond acceptors (Lipinski definition) is 7. The molecule has 182 valence electrons. The minimum atomic E-state index is -1.61. The van der Waals surface area contributed by atoms with E-state index in [9.17, 15) is 14.3 Å². The third kappa shape index (κ3) is 6.12. The van der Waals surface area contributed by atoms with E-state index in [4.69, 9.17) is 0 Å². The van der Waals surface area contributed by atoms with Crippen molar-refractivity contribution < 1.29 is 14.3 Å². The summed E-state index contributed by atoms with van der Waals surface area (Å²) in [6, 6.07) is 15.6. The van der Waals surface area contributed by atoms with Crippen LogP contribution in [0.15, 0.2) is 60.2 Å². The van der Waals surface area contributed by atoms with Crippen LogP contribution in [0, 0.1) is 6.92 Å². The molecule has 2 aromatic heterocycles. The number of nitrogens with zero attached hydrogens (tertiary/aromatic N) is 2. The lowest BCUT2D eigenvalue weighted by Crippen LogP contribution is -2.42. The summed E-state index contributed by atoms with van der Waals surface area (Å²) in [6.07, 6.45) is -0.147. The normalized spacial score (nSPS) is 12.4. The topological polar surface area (TPSA) is 99.2 Å². The van der Waals surface area contributed by atoms with E-state index in [1.807, 2.05) is 49.4 Å². The van der Waals surface area contributed by atoms with Gasteiger partial charge in [0.25, 0.3) is 5.91 Å². The molecule has 4 N–H and O–H groups in total. The molecule has 0 aliphatic heterocycles. The zero-order valence-electron chi connectivity index (χ0n) is 19.8. The predicted octanol–water partition coefficient (Wildman–Crippen LogP) is 5.19. The zero-order chi connectivity index (χ0) is 25.0. The Hall–Kier alpha value is -3.56. The van der Waals surface area contributed by atoms with Gasteiger partial charge in [0.1, 0.15) is 12.0 Å². The molecule has 9 heteroatoms. The Labute approximate surface area is 207 Å². The molecule has 0 radical (unpaired) electrons. The highest BCUT2D eigenvalue weighted by Crippen LogP contribution is 2.26. The van der Waals surface area contributed by atoms with E-state index in [1.54, 1.807) is 22.9 Å². The summed E-state index contributed by atoms with van der Waals surface area (Å²) in [5.74, 6) is 0.0758. The van der Waals surface area contributed by atoms with Crippen LogP contribution in [-0.4, -0.2) is 39.3 Å². The van der Waals surface area contributed by atoms with Crippen molar-refractivity contribution in [1.82, 2.24) is 15.3 Å². The van der Waals surface area contributed by atoms with Crippen molar-refractivity contribution in [1.29, 1.82) is 0 Å². The van der Waals surface area contributed by atoms with Gasteiger partial charge in [0.2, 0.25) is 0 Å². The summed E-state index contributed by atoms with van der Waals surface area (Å²) in [7, 11) is 0. The number of hydrogen-bond donors (Lipinski definition) is 4. The van der Waals surface area contributed by atoms with Gasteiger partial charge in [-0.05, 0) is 50.1 Å². The van der Waals surface area contributed by atoms with Gasteiger partial charge in [0, 0.05) is 24.5 Å². The highest BCUT2D eigenvalue weighted by atomic mass is 32.1. The maximum atomic E-state index is 14.2. The minimum Gasteiger partial charge on any atom is -0.387 e. The molecule has 0 aliphatic carbocycles. The van der Waals surface area contributed by atoms with Gasteiger partial charge in [0.05, 0.1) is 39.1 Å². The van der Waals surface area contributed by atoms with Gasteiger partial charge in [-0.1, -0.05) is 24.3 Å². The number of aryl methyl sites for hydroxylation is 1. The number of halogens is 1. The Morgan fingerprint density at radius 3 is 2.74 bits per heavy atom. The average molecular weight is 494 g/mol. The van der Waals surface area contributed by atoms with Crippen LogP contribution >= 0.6 is 11.3 Å². The van der Waals surface area contributed by atoms with Crippen molar-refractivity contribution in [2.24, 2.45) is 0 Å². The number of aromatic nitrogens is 2. The Morgan fingerprint density at radius 1 is 1.17 bits per heavy atom. The van der Waals surface area contributed by atoms with Crippen LogP contribution in [0.1, 0.15) is 35.3 Å². The van der Waals surface area contributed by atoms with Crippen LogP contribution in [0.2, 0.25) is 0 Å². The molecule has 4 aromatic rings. The molecule has 0 aliphatic rings. The molecule has 0 saturated carbocycles. The van der Waals surface area contributed by atoms with Crippen molar-refractivity contribution in [3.05, 3.63) is 76.9 Å². The molecule has 0 fully saturated rings. The van der Waals surface area contributed by atoms with E-state index >= 15 is 0 Å². The lowest BCUT2D eigenvalue weighted by atomic mass is 10.0. The number of pyridine rings is 1. The summed E-state index contributed by atoms with van der Waals surface area (Å²) in [5, 5.41) is 19.0. The van der Waals surface area contributed by atoms with E-state index in [0.29, 0.717) is 18.1 Å². The standard InChI is InChI=1S/C26H28FN5O2S/c1-16-6-4-5-7-17(16)12-28-21-11-24(32-18-8-9-20-22(10-18)35-15-31-20)29-13-19(21)25(33)30-14-23(27)26(2,3)34/h4-11,13,15,23,34H,12,14H2,1-3H3,(H,30,33)(H2,28,29,32).